The molecule has 3 aromatic rings. The summed E-state index contributed by atoms with van der Waals surface area (Å²) in [5.74, 6) is 1.25. The summed E-state index contributed by atoms with van der Waals surface area (Å²) in [5, 5.41) is 0.534. The van der Waals surface area contributed by atoms with E-state index in [0.717, 1.165) is 5.56 Å². The van der Waals surface area contributed by atoms with Crippen molar-refractivity contribution in [2.75, 3.05) is 18.5 Å². The summed E-state index contributed by atoms with van der Waals surface area (Å²) in [6.45, 7) is 0.146. The molecule has 0 aliphatic heterocycles. The minimum absolute atomic E-state index is 0.146. The lowest BCUT2D eigenvalue weighted by atomic mass is 10.2. The highest BCUT2D eigenvalue weighted by Gasteiger charge is 2.25. The molecule has 146 valence electrons. The first-order valence-corrected chi connectivity index (χ1v) is 10.3. The summed E-state index contributed by atoms with van der Waals surface area (Å²) in [7, 11) is -0.708. The fraction of sp³-hybridized carbons (Fsp3) is 0.143. The van der Waals surface area contributed by atoms with E-state index in [9.17, 15) is 8.42 Å². The number of methoxy groups -OCH3 is 2. The summed E-state index contributed by atoms with van der Waals surface area (Å²) >= 11 is 5.98. The van der Waals surface area contributed by atoms with Gasteiger partial charge in [0.15, 0.2) is 0 Å². The fourth-order valence-electron chi connectivity index (χ4n) is 2.73. The van der Waals surface area contributed by atoms with E-state index in [0.29, 0.717) is 22.2 Å². The zero-order valence-corrected chi connectivity index (χ0v) is 17.1. The van der Waals surface area contributed by atoms with Crippen molar-refractivity contribution in [1.29, 1.82) is 0 Å². The van der Waals surface area contributed by atoms with E-state index in [2.05, 4.69) is 0 Å². The van der Waals surface area contributed by atoms with Gasteiger partial charge in [0.05, 0.1) is 31.3 Å². The summed E-state index contributed by atoms with van der Waals surface area (Å²) in [4.78, 5) is 0.172. The molecule has 28 heavy (non-hydrogen) atoms. The molecule has 0 saturated heterocycles. The quantitative estimate of drug-likeness (QED) is 0.556. The molecule has 0 amide bonds. The van der Waals surface area contributed by atoms with Gasteiger partial charge in [-0.05, 0) is 66.2 Å². The average molecular weight is 418 g/mol. The van der Waals surface area contributed by atoms with Gasteiger partial charge in [0.25, 0.3) is 10.0 Å². The Morgan fingerprint density at radius 1 is 0.857 bits per heavy atom. The molecule has 0 aliphatic rings. The van der Waals surface area contributed by atoms with Crippen LogP contribution in [0.25, 0.3) is 0 Å². The molecule has 0 fully saturated rings. The maximum atomic E-state index is 13.4. The summed E-state index contributed by atoms with van der Waals surface area (Å²) in [6.07, 6.45) is 0. The molecule has 0 heterocycles. The fourth-order valence-corrected chi connectivity index (χ4v) is 4.31. The Labute approximate surface area is 170 Å². The van der Waals surface area contributed by atoms with Gasteiger partial charge in [0.2, 0.25) is 0 Å². The minimum atomic E-state index is -3.82. The largest absolute Gasteiger partial charge is 0.497 e. The predicted octanol–water partition coefficient (Wildman–Crippen LogP) is 4.75. The highest BCUT2D eigenvalue weighted by Crippen LogP contribution is 2.29. The van der Waals surface area contributed by atoms with Crippen LogP contribution in [0.5, 0.6) is 11.5 Å². The van der Waals surface area contributed by atoms with Gasteiger partial charge in [0.1, 0.15) is 11.5 Å². The van der Waals surface area contributed by atoms with Crippen LogP contribution in [0.1, 0.15) is 5.56 Å². The standard InChI is InChI=1S/C21H20ClNO4S/c1-26-19-10-12-21(13-11-19)28(24,25)23(18-8-6-17(22)7-9-18)15-16-4-3-5-20(14-16)27-2/h3-14H,15H2,1-2H3. The zero-order chi connectivity index (χ0) is 20.1. The lowest BCUT2D eigenvalue weighted by Gasteiger charge is -2.25. The van der Waals surface area contributed by atoms with Gasteiger partial charge in [-0.1, -0.05) is 23.7 Å². The average Bonchev–Trinajstić information content (AvgIpc) is 2.73. The number of hydrogen-bond acceptors (Lipinski definition) is 4. The lowest BCUT2D eigenvalue weighted by molar-refractivity contribution is 0.414. The summed E-state index contributed by atoms with van der Waals surface area (Å²) < 4.78 is 38.5. The molecule has 0 radical (unpaired) electrons. The molecule has 0 atom stereocenters. The van der Waals surface area contributed by atoms with Crippen molar-refractivity contribution in [3.63, 3.8) is 0 Å². The van der Waals surface area contributed by atoms with Gasteiger partial charge in [-0.15, -0.1) is 0 Å². The Morgan fingerprint density at radius 3 is 2.11 bits per heavy atom. The van der Waals surface area contributed by atoms with Crippen LogP contribution in [0.3, 0.4) is 0 Å². The van der Waals surface area contributed by atoms with E-state index in [1.54, 1.807) is 43.5 Å². The number of nitrogens with zero attached hydrogens (tertiary/aromatic N) is 1. The maximum Gasteiger partial charge on any atom is 0.264 e. The third kappa shape index (κ3) is 4.40. The molecule has 0 bridgehead atoms. The van der Waals surface area contributed by atoms with Gasteiger partial charge >= 0.3 is 0 Å². The van der Waals surface area contributed by atoms with Crippen LogP contribution in [0.15, 0.2) is 77.7 Å². The first-order chi connectivity index (χ1) is 13.4. The predicted molar refractivity (Wildman–Crippen MR) is 111 cm³/mol. The first-order valence-electron chi connectivity index (χ1n) is 8.49. The molecule has 3 aromatic carbocycles. The summed E-state index contributed by atoms with van der Waals surface area (Å²) in [5.41, 5.74) is 1.31. The second-order valence-electron chi connectivity index (χ2n) is 6.02. The Kier molecular flexibility index (Phi) is 6.11. The van der Waals surface area contributed by atoms with E-state index < -0.39 is 10.0 Å². The lowest BCUT2D eigenvalue weighted by Crippen LogP contribution is -2.30. The molecule has 7 heteroatoms. The molecular formula is C21H20ClNO4S. The first kappa shape index (κ1) is 20.0. The van der Waals surface area contributed by atoms with Crippen molar-refractivity contribution in [3.05, 3.63) is 83.4 Å². The molecule has 0 saturated carbocycles. The van der Waals surface area contributed by atoms with Crippen LogP contribution in [0.2, 0.25) is 5.02 Å². The minimum Gasteiger partial charge on any atom is -0.497 e. The molecule has 0 unspecified atom stereocenters. The van der Waals surface area contributed by atoms with Crippen LogP contribution >= 0.6 is 11.6 Å². The van der Waals surface area contributed by atoms with Gasteiger partial charge < -0.3 is 9.47 Å². The molecule has 0 N–H and O–H groups in total. The number of rotatable bonds is 7. The van der Waals surface area contributed by atoms with Crippen molar-refractivity contribution in [2.45, 2.75) is 11.4 Å². The molecule has 0 aromatic heterocycles. The number of anilines is 1. The van der Waals surface area contributed by atoms with Crippen molar-refractivity contribution in [3.8, 4) is 11.5 Å². The number of halogens is 1. The number of hydrogen-bond donors (Lipinski definition) is 0. The van der Waals surface area contributed by atoms with E-state index in [4.69, 9.17) is 21.1 Å². The molecule has 3 rings (SSSR count). The van der Waals surface area contributed by atoms with Crippen molar-refractivity contribution >= 4 is 27.3 Å². The maximum absolute atomic E-state index is 13.4. The molecule has 0 aliphatic carbocycles. The highest BCUT2D eigenvalue weighted by molar-refractivity contribution is 7.92. The highest BCUT2D eigenvalue weighted by atomic mass is 35.5. The molecule has 5 nitrogen and oxygen atoms in total. The number of sulfonamides is 1. The molecule has 0 spiro atoms. The van der Waals surface area contributed by atoms with Gasteiger partial charge in [-0.2, -0.15) is 0 Å². The van der Waals surface area contributed by atoms with Gasteiger partial charge in [0, 0.05) is 5.02 Å². The Morgan fingerprint density at radius 2 is 1.50 bits per heavy atom. The molecular weight excluding hydrogens is 398 g/mol. The van der Waals surface area contributed by atoms with E-state index >= 15 is 0 Å². The second-order valence-corrected chi connectivity index (χ2v) is 8.31. The van der Waals surface area contributed by atoms with Gasteiger partial charge in [-0.25, -0.2) is 8.42 Å². The van der Waals surface area contributed by atoms with Crippen LogP contribution in [0, 0.1) is 0 Å². The monoisotopic (exact) mass is 417 g/mol. The van der Waals surface area contributed by atoms with Gasteiger partial charge in [-0.3, -0.25) is 4.31 Å². The smallest absolute Gasteiger partial charge is 0.264 e. The van der Waals surface area contributed by atoms with E-state index in [1.807, 2.05) is 24.3 Å². The summed E-state index contributed by atoms with van der Waals surface area (Å²) in [6, 6.07) is 20.3. The Hall–Kier alpha value is -2.70. The van der Waals surface area contributed by atoms with Crippen LogP contribution in [-0.2, 0) is 16.6 Å². The Bertz CT molecular complexity index is 1030. The third-order valence-electron chi connectivity index (χ3n) is 4.22. The van der Waals surface area contributed by atoms with Crippen molar-refractivity contribution in [1.82, 2.24) is 0 Å². The van der Waals surface area contributed by atoms with Crippen LogP contribution in [0.4, 0.5) is 5.69 Å². The van der Waals surface area contributed by atoms with Crippen LogP contribution < -0.4 is 13.8 Å². The van der Waals surface area contributed by atoms with Crippen LogP contribution in [-0.4, -0.2) is 22.6 Å². The number of benzene rings is 3. The van der Waals surface area contributed by atoms with Crippen molar-refractivity contribution in [2.24, 2.45) is 0 Å². The SMILES string of the molecule is COc1ccc(S(=O)(=O)N(Cc2cccc(OC)c2)c2ccc(Cl)cc2)cc1. The van der Waals surface area contributed by atoms with Crippen molar-refractivity contribution < 1.29 is 17.9 Å². The zero-order valence-electron chi connectivity index (χ0n) is 15.5. The Balaban J connectivity index is 2.04. The second kappa shape index (κ2) is 8.54. The number of ether oxygens (including phenoxy) is 2. The topological polar surface area (TPSA) is 55.8 Å². The van der Waals surface area contributed by atoms with E-state index in [-0.39, 0.29) is 11.4 Å². The third-order valence-corrected chi connectivity index (χ3v) is 6.26. The normalized spacial score (nSPS) is 11.1. The van der Waals surface area contributed by atoms with E-state index in [1.165, 1.54) is 23.5 Å².